The molecule has 18 heavy (non-hydrogen) atoms. The Balaban J connectivity index is 2.89. The van der Waals surface area contributed by atoms with Crippen LogP contribution in [0, 0.1) is 10.1 Å². The summed E-state index contributed by atoms with van der Waals surface area (Å²) in [7, 11) is 3.85. The number of ether oxygens (including phenoxy) is 1. The Labute approximate surface area is 114 Å². The highest BCUT2D eigenvalue weighted by molar-refractivity contribution is 9.10. The number of nitro groups is 1. The lowest BCUT2D eigenvalue weighted by molar-refractivity contribution is -0.386. The van der Waals surface area contributed by atoms with Crippen LogP contribution in [0.25, 0.3) is 0 Å². The third-order valence-corrected chi connectivity index (χ3v) is 3.20. The number of nitrogens with zero attached hydrogens (tertiary/aromatic N) is 3. The van der Waals surface area contributed by atoms with Crippen molar-refractivity contribution in [3.8, 4) is 5.88 Å². The molecule has 0 radical (unpaired) electrons. The molecule has 0 fully saturated rings. The Morgan fingerprint density at radius 2 is 2.17 bits per heavy atom. The maximum atomic E-state index is 10.9. The highest BCUT2D eigenvalue weighted by Gasteiger charge is 2.24. The van der Waals surface area contributed by atoms with E-state index in [0.717, 1.165) is 0 Å². The van der Waals surface area contributed by atoms with Gasteiger partial charge in [-0.3, -0.25) is 10.1 Å². The second-order valence-corrected chi connectivity index (χ2v) is 5.65. The summed E-state index contributed by atoms with van der Waals surface area (Å²) in [4.78, 5) is 16.3. The van der Waals surface area contributed by atoms with Gasteiger partial charge in [0.15, 0.2) is 0 Å². The van der Waals surface area contributed by atoms with Gasteiger partial charge in [0.25, 0.3) is 5.88 Å². The molecule has 0 aliphatic carbocycles. The first kappa shape index (κ1) is 14.8. The molecular weight excluding hydrogens is 302 g/mol. The molecule has 0 amide bonds. The van der Waals surface area contributed by atoms with Crippen LogP contribution in [-0.2, 0) is 0 Å². The molecule has 0 N–H and O–H groups in total. The molecule has 0 saturated heterocycles. The van der Waals surface area contributed by atoms with Crippen LogP contribution in [0.5, 0.6) is 5.88 Å². The van der Waals surface area contributed by atoms with Crippen molar-refractivity contribution in [2.75, 3.05) is 20.7 Å². The van der Waals surface area contributed by atoms with Crippen molar-refractivity contribution in [1.29, 1.82) is 0 Å². The number of halogens is 1. The minimum absolute atomic E-state index is 0.0399. The van der Waals surface area contributed by atoms with Crippen LogP contribution in [0.3, 0.4) is 0 Å². The molecule has 0 unspecified atom stereocenters. The topological polar surface area (TPSA) is 68.5 Å². The highest BCUT2D eigenvalue weighted by Crippen LogP contribution is 2.28. The van der Waals surface area contributed by atoms with E-state index in [2.05, 4.69) is 20.9 Å². The van der Waals surface area contributed by atoms with Crippen molar-refractivity contribution < 1.29 is 9.66 Å². The highest BCUT2D eigenvalue weighted by atomic mass is 79.9. The maximum Gasteiger partial charge on any atom is 0.332 e. The fourth-order valence-corrected chi connectivity index (χ4v) is 1.35. The molecule has 0 atom stereocenters. The predicted octanol–water partition coefficient (Wildman–Crippen LogP) is 2.47. The van der Waals surface area contributed by atoms with Gasteiger partial charge in [0.05, 0.1) is 4.92 Å². The molecule has 0 saturated carbocycles. The lowest BCUT2D eigenvalue weighted by atomic mass is 10.1. The maximum absolute atomic E-state index is 10.9. The number of aromatic nitrogens is 1. The zero-order valence-electron chi connectivity index (χ0n) is 10.8. The van der Waals surface area contributed by atoms with Gasteiger partial charge >= 0.3 is 5.69 Å². The summed E-state index contributed by atoms with van der Waals surface area (Å²) in [5, 5.41) is 10.9. The van der Waals surface area contributed by atoms with Gasteiger partial charge < -0.3 is 9.64 Å². The first-order valence-electron chi connectivity index (χ1n) is 5.34. The molecule has 1 rings (SSSR count). The van der Waals surface area contributed by atoms with Crippen molar-refractivity contribution in [2.24, 2.45) is 0 Å². The Hall–Kier alpha value is -1.21. The van der Waals surface area contributed by atoms with Crippen molar-refractivity contribution >= 4 is 21.6 Å². The van der Waals surface area contributed by atoms with E-state index in [4.69, 9.17) is 4.74 Å². The lowest BCUT2D eigenvalue weighted by Crippen LogP contribution is -2.43. The molecule has 1 aromatic rings. The third-order valence-electron chi connectivity index (χ3n) is 2.77. The van der Waals surface area contributed by atoms with Gasteiger partial charge in [-0.1, -0.05) is 0 Å². The molecule has 0 aliphatic heterocycles. The van der Waals surface area contributed by atoms with Crippen molar-refractivity contribution in [1.82, 2.24) is 9.88 Å². The smallest absolute Gasteiger partial charge is 0.332 e. The molecule has 7 heteroatoms. The van der Waals surface area contributed by atoms with E-state index in [0.29, 0.717) is 11.1 Å². The standard InChI is InChI=1S/C11H16BrN3O3/c1-11(2,14(3)4)7-18-10-9(15(16)17)5-8(12)6-13-10/h5-6H,7H2,1-4H3. The molecule has 0 aliphatic rings. The van der Waals surface area contributed by atoms with Crippen molar-refractivity contribution in [2.45, 2.75) is 19.4 Å². The van der Waals surface area contributed by atoms with E-state index in [-0.39, 0.29) is 17.1 Å². The normalized spacial score (nSPS) is 11.7. The van der Waals surface area contributed by atoms with Crippen LogP contribution in [0.1, 0.15) is 13.8 Å². The molecule has 100 valence electrons. The minimum atomic E-state index is -0.504. The van der Waals surface area contributed by atoms with E-state index in [1.807, 2.05) is 32.8 Å². The monoisotopic (exact) mass is 317 g/mol. The number of pyridine rings is 1. The summed E-state index contributed by atoms with van der Waals surface area (Å²) >= 11 is 3.15. The number of rotatable bonds is 5. The summed E-state index contributed by atoms with van der Waals surface area (Å²) in [6, 6.07) is 1.38. The SMILES string of the molecule is CN(C)C(C)(C)COc1ncc(Br)cc1[N+](=O)[O-]. The largest absolute Gasteiger partial charge is 0.471 e. The molecule has 1 aromatic heterocycles. The average molecular weight is 318 g/mol. The van der Waals surface area contributed by atoms with Gasteiger partial charge in [0.2, 0.25) is 0 Å². The van der Waals surface area contributed by atoms with Gasteiger partial charge in [0, 0.05) is 22.3 Å². The Kier molecular flexibility index (Phi) is 4.64. The predicted molar refractivity (Wildman–Crippen MR) is 71.9 cm³/mol. The summed E-state index contributed by atoms with van der Waals surface area (Å²) in [5.41, 5.74) is -0.373. The Morgan fingerprint density at radius 3 is 2.67 bits per heavy atom. The summed E-state index contributed by atoms with van der Waals surface area (Å²) in [5.74, 6) is 0.0399. The summed E-state index contributed by atoms with van der Waals surface area (Å²) in [6.45, 7) is 4.28. The van der Waals surface area contributed by atoms with E-state index in [1.165, 1.54) is 12.3 Å². The van der Waals surface area contributed by atoms with Crippen LogP contribution in [0.15, 0.2) is 16.7 Å². The fraction of sp³-hybridized carbons (Fsp3) is 0.545. The zero-order chi connectivity index (χ0) is 13.9. The Bertz CT molecular complexity index is 449. The first-order chi connectivity index (χ1) is 8.24. The number of likely N-dealkylation sites (N-methyl/N-ethyl adjacent to an activating group) is 1. The van der Waals surface area contributed by atoms with Gasteiger partial charge in [-0.2, -0.15) is 0 Å². The van der Waals surface area contributed by atoms with Gasteiger partial charge in [0.1, 0.15) is 6.61 Å². The summed E-state index contributed by atoms with van der Waals surface area (Å²) < 4.78 is 6.01. The molecule has 1 heterocycles. The first-order valence-corrected chi connectivity index (χ1v) is 6.13. The minimum Gasteiger partial charge on any atom is -0.471 e. The molecule has 0 spiro atoms. The molecule has 0 aromatic carbocycles. The van der Waals surface area contributed by atoms with E-state index >= 15 is 0 Å². The van der Waals surface area contributed by atoms with Crippen LogP contribution in [0.4, 0.5) is 5.69 Å². The summed E-state index contributed by atoms with van der Waals surface area (Å²) in [6.07, 6.45) is 1.48. The van der Waals surface area contributed by atoms with Crippen LogP contribution in [0.2, 0.25) is 0 Å². The van der Waals surface area contributed by atoms with Crippen LogP contribution < -0.4 is 4.74 Å². The molecule has 0 bridgehead atoms. The van der Waals surface area contributed by atoms with Crippen LogP contribution >= 0.6 is 15.9 Å². The molecule has 6 nitrogen and oxygen atoms in total. The van der Waals surface area contributed by atoms with E-state index in [1.54, 1.807) is 0 Å². The van der Waals surface area contributed by atoms with Gasteiger partial charge in [-0.15, -0.1) is 0 Å². The van der Waals surface area contributed by atoms with Crippen molar-refractivity contribution in [3.63, 3.8) is 0 Å². The van der Waals surface area contributed by atoms with Gasteiger partial charge in [-0.25, -0.2) is 4.98 Å². The Morgan fingerprint density at radius 1 is 1.56 bits per heavy atom. The van der Waals surface area contributed by atoms with E-state index in [9.17, 15) is 10.1 Å². The van der Waals surface area contributed by atoms with Crippen molar-refractivity contribution in [3.05, 3.63) is 26.9 Å². The molecular formula is C11H16BrN3O3. The zero-order valence-corrected chi connectivity index (χ0v) is 12.4. The van der Waals surface area contributed by atoms with E-state index < -0.39 is 4.92 Å². The van der Waals surface area contributed by atoms with Crippen LogP contribution in [-0.4, -0.2) is 41.0 Å². The number of hydrogen-bond acceptors (Lipinski definition) is 5. The number of hydrogen-bond donors (Lipinski definition) is 0. The second kappa shape index (κ2) is 5.62. The second-order valence-electron chi connectivity index (χ2n) is 4.73. The third kappa shape index (κ3) is 3.64. The lowest BCUT2D eigenvalue weighted by Gasteiger charge is -2.31. The fourth-order valence-electron chi connectivity index (χ4n) is 1.03. The average Bonchev–Trinajstić information content (AvgIpc) is 2.27. The van der Waals surface area contributed by atoms with Gasteiger partial charge in [-0.05, 0) is 43.9 Å². The quantitative estimate of drug-likeness (QED) is 0.616.